The number of rotatable bonds is 2. The van der Waals surface area contributed by atoms with Crippen molar-refractivity contribution in [2.45, 2.75) is 31.5 Å². The molecular formula is C10H14N2O2. The zero-order valence-corrected chi connectivity index (χ0v) is 7.97. The molecule has 2 rings (SSSR count). The monoisotopic (exact) mass is 194 g/mol. The molecule has 0 bridgehead atoms. The van der Waals surface area contributed by atoms with Crippen LogP contribution in [0.3, 0.4) is 0 Å². The third-order valence-electron chi connectivity index (χ3n) is 2.45. The summed E-state index contributed by atoms with van der Waals surface area (Å²) in [6.07, 6.45) is 7.12. The highest BCUT2D eigenvalue weighted by atomic mass is 16.5. The molecule has 0 aliphatic carbocycles. The van der Waals surface area contributed by atoms with E-state index in [4.69, 9.17) is 4.74 Å². The molecule has 0 aromatic carbocycles. The molecule has 1 N–H and O–H groups in total. The van der Waals surface area contributed by atoms with Crippen molar-refractivity contribution in [3.05, 3.63) is 24.3 Å². The van der Waals surface area contributed by atoms with Gasteiger partial charge >= 0.3 is 0 Å². The van der Waals surface area contributed by atoms with Crippen molar-refractivity contribution in [2.75, 3.05) is 6.61 Å². The number of hydrogen-bond donors (Lipinski definition) is 1. The first-order valence-electron chi connectivity index (χ1n) is 4.93. The van der Waals surface area contributed by atoms with Crippen LogP contribution < -0.4 is 0 Å². The van der Waals surface area contributed by atoms with E-state index >= 15 is 0 Å². The van der Waals surface area contributed by atoms with Gasteiger partial charge in [-0.3, -0.25) is 9.97 Å². The fourth-order valence-electron chi connectivity index (χ4n) is 1.67. The summed E-state index contributed by atoms with van der Waals surface area (Å²) in [4.78, 5) is 7.98. The summed E-state index contributed by atoms with van der Waals surface area (Å²) in [5.41, 5.74) is 0.597. The molecule has 1 aliphatic heterocycles. The van der Waals surface area contributed by atoms with E-state index in [1.165, 1.54) is 0 Å². The molecule has 76 valence electrons. The predicted molar refractivity (Wildman–Crippen MR) is 50.6 cm³/mol. The third kappa shape index (κ3) is 2.08. The second kappa shape index (κ2) is 4.48. The number of nitrogens with zero attached hydrogens (tertiary/aromatic N) is 2. The summed E-state index contributed by atoms with van der Waals surface area (Å²) in [6, 6.07) is 0. The molecule has 1 aromatic heterocycles. The number of hydrogen-bond acceptors (Lipinski definition) is 4. The normalized spacial score (nSPS) is 24.5. The Labute approximate surface area is 83.0 Å². The smallest absolute Gasteiger partial charge is 0.124 e. The van der Waals surface area contributed by atoms with Gasteiger partial charge in [-0.2, -0.15) is 0 Å². The highest BCUT2D eigenvalue weighted by Gasteiger charge is 2.24. The van der Waals surface area contributed by atoms with Crippen molar-refractivity contribution in [2.24, 2.45) is 0 Å². The Hall–Kier alpha value is -1.00. The molecule has 4 heteroatoms. The molecule has 2 unspecified atom stereocenters. The topological polar surface area (TPSA) is 55.2 Å². The van der Waals surface area contributed by atoms with Crippen LogP contribution in [0, 0.1) is 0 Å². The number of aliphatic hydroxyl groups excluding tert-OH is 1. The lowest BCUT2D eigenvalue weighted by atomic mass is 10.0. The molecule has 2 atom stereocenters. The molecule has 0 saturated carbocycles. The quantitative estimate of drug-likeness (QED) is 0.765. The Kier molecular flexibility index (Phi) is 3.06. The van der Waals surface area contributed by atoms with Gasteiger partial charge in [-0.05, 0) is 19.3 Å². The minimum Gasteiger partial charge on any atom is -0.384 e. The van der Waals surface area contributed by atoms with Crippen molar-refractivity contribution in [1.29, 1.82) is 0 Å². The fraction of sp³-hybridized carbons (Fsp3) is 0.600. The Balaban J connectivity index is 2.03. The molecule has 1 aromatic rings. The average Bonchev–Trinajstić information content (AvgIpc) is 2.30. The van der Waals surface area contributed by atoms with Gasteiger partial charge in [0.05, 0.1) is 18.0 Å². The molecule has 1 fully saturated rings. The van der Waals surface area contributed by atoms with Crippen molar-refractivity contribution >= 4 is 0 Å². The van der Waals surface area contributed by atoms with Crippen LogP contribution in [0.4, 0.5) is 0 Å². The van der Waals surface area contributed by atoms with Crippen molar-refractivity contribution in [1.82, 2.24) is 9.97 Å². The molecule has 1 saturated heterocycles. The molecule has 2 heterocycles. The van der Waals surface area contributed by atoms with Crippen molar-refractivity contribution < 1.29 is 9.84 Å². The van der Waals surface area contributed by atoms with Crippen molar-refractivity contribution in [3.8, 4) is 0 Å². The van der Waals surface area contributed by atoms with E-state index in [9.17, 15) is 5.11 Å². The van der Waals surface area contributed by atoms with Crippen molar-refractivity contribution in [3.63, 3.8) is 0 Å². The SMILES string of the molecule is OC(c1cnccn1)C1CCCCO1. The minimum atomic E-state index is -0.635. The van der Waals surface area contributed by atoms with Crippen LogP contribution in [0.15, 0.2) is 18.6 Å². The van der Waals surface area contributed by atoms with E-state index in [1.54, 1.807) is 18.6 Å². The Bertz CT molecular complexity index is 273. The summed E-state index contributed by atoms with van der Waals surface area (Å²) in [7, 11) is 0. The van der Waals surface area contributed by atoms with Crippen LogP contribution in [0.5, 0.6) is 0 Å². The number of aliphatic hydroxyl groups is 1. The van der Waals surface area contributed by atoms with Crippen LogP contribution in [0.2, 0.25) is 0 Å². The van der Waals surface area contributed by atoms with E-state index in [1.807, 2.05) is 0 Å². The summed E-state index contributed by atoms with van der Waals surface area (Å²) in [6.45, 7) is 0.738. The number of ether oxygens (including phenoxy) is 1. The van der Waals surface area contributed by atoms with E-state index in [2.05, 4.69) is 9.97 Å². The Morgan fingerprint density at radius 3 is 3.00 bits per heavy atom. The van der Waals surface area contributed by atoms with Crippen LogP contribution in [-0.2, 0) is 4.74 Å². The van der Waals surface area contributed by atoms with Gasteiger partial charge in [-0.25, -0.2) is 0 Å². The fourth-order valence-corrected chi connectivity index (χ4v) is 1.67. The van der Waals surface area contributed by atoms with Gasteiger partial charge in [0, 0.05) is 19.0 Å². The molecule has 4 nitrogen and oxygen atoms in total. The molecule has 0 amide bonds. The lowest BCUT2D eigenvalue weighted by Gasteiger charge is -2.26. The Morgan fingerprint density at radius 1 is 1.43 bits per heavy atom. The maximum atomic E-state index is 9.92. The van der Waals surface area contributed by atoms with Gasteiger partial charge < -0.3 is 9.84 Å². The maximum Gasteiger partial charge on any atom is 0.124 e. The summed E-state index contributed by atoms with van der Waals surface area (Å²) in [5, 5.41) is 9.92. The lowest BCUT2D eigenvalue weighted by molar-refractivity contribution is -0.0649. The molecule has 0 radical (unpaired) electrons. The van der Waals surface area contributed by atoms with Gasteiger partial charge in [0.1, 0.15) is 6.10 Å². The first kappa shape index (κ1) is 9.55. The first-order valence-corrected chi connectivity index (χ1v) is 4.93. The first-order chi connectivity index (χ1) is 6.88. The maximum absolute atomic E-state index is 9.92. The van der Waals surface area contributed by atoms with Crippen LogP contribution in [0.1, 0.15) is 31.1 Å². The van der Waals surface area contributed by atoms with E-state index < -0.39 is 6.10 Å². The molecule has 1 aliphatic rings. The highest BCUT2D eigenvalue weighted by Crippen LogP contribution is 2.24. The van der Waals surface area contributed by atoms with E-state index in [0.717, 1.165) is 25.9 Å². The second-order valence-electron chi connectivity index (χ2n) is 3.48. The van der Waals surface area contributed by atoms with Crippen LogP contribution in [0.25, 0.3) is 0 Å². The van der Waals surface area contributed by atoms with Gasteiger partial charge in [-0.15, -0.1) is 0 Å². The zero-order chi connectivity index (χ0) is 9.80. The van der Waals surface area contributed by atoms with Gasteiger partial charge in [0.25, 0.3) is 0 Å². The predicted octanol–water partition coefficient (Wildman–Crippen LogP) is 1.08. The van der Waals surface area contributed by atoms with Gasteiger partial charge in [0.2, 0.25) is 0 Å². The third-order valence-corrected chi connectivity index (χ3v) is 2.45. The largest absolute Gasteiger partial charge is 0.384 e. The van der Waals surface area contributed by atoms with Crippen LogP contribution >= 0.6 is 0 Å². The summed E-state index contributed by atoms with van der Waals surface area (Å²) < 4.78 is 5.48. The molecular weight excluding hydrogens is 180 g/mol. The molecule has 0 spiro atoms. The minimum absolute atomic E-state index is 0.111. The summed E-state index contributed by atoms with van der Waals surface area (Å²) in [5.74, 6) is 0. The average molecular weight is 194 g/mol. The van der Waals surface area contributed by atoms with Gasteiger partial charge in [0.15, 0.2) is 0 Å². The van der Waals surface area contributed by atoms with E-state index in [0.29, 0.717) is 5.69 Å². The number of aromatic nitrogens is 2. The van der Waals surface area contributed by atoms with Gasteiger partial charge in [-0.1, -0.05) is 0 Å². The second-order valence-corrected chi connectivity index (χ2v) is 3.48. The highest BCUT2D eigenvalue weighted by molar-refractivity contribution is 5.01. The van der Waals surface area contributed by atoms with E-state index in [-0.39, 0.29) is 6.10 Å². The molecule has 14 heavy (non-hydrogen) atoms. The Morgan fingerprint density at radius 2 is 2.36 bits per heavy atom. The van der Waals surface area contributed by atoms with Crippen LogP contribution in [-0.4, -0.2) is 27.8 Å². The lowest BCUT2D eigenvalue weighted by Crippen LogP contribution is -2.26. The standard InChI is InChI=1S/C10H14N2O2/c13-10(8-7-11-4-5-12-8)9-3-1-2-6-14-9/h4-5,7,9-10,13H,1-3,6H2. The zero-order valence-electron chi connectivity index (χ0n) is 7.97. The summed E-state index contributed by atoms with van der Waals surface area (Å²) >= 11 is 0.